The van der Waals surface area contributed by atoms with E-state index in [1.807, 2.05) is 60.7 Å². The van der Waals surface area contributed by atoms with Gasteiger partial charge in [0, 0.05) is 16.6 Å². The monoisotopic (exact) mass is 448 g/mol. The number of dihydropyridines is 1. The summed E-state index contributed by atoms with van der Waals surface area (Å²) in [5, 5.41) is 3.49. The lowest BCUT2D eigenvalue weighted by molar-refractivity contribution is -0.114. The Balaban J connectivity index is 1.58. The van der Waals surface area contributed by atoms with Gasteiger partial charge in [-0.25, -0.2) is 4.99 Å². The first-order valence-corrected chi connectivity index (χ1v) is 11.4. The van der Waals surface area contributed by atoms with Crippen molar-refractivity contribution in [3.8, 4) is 0 Å². The van der Waals surface area contributed by atoms with Crippen LogP contribution in [0, 0.1) is 5.92 Å². The van der Waals surface area contributed by atoms with Gasteiger partial charge >= 0.3 is 0 Å². The number of benzene rings is 2. The molecule has 1 aliphatic heterocycles. The average Bonchev–Trinajstić information content (AvgIpc) is 2.79. The molecule has 0 bridgehead atoms. The molecular formula is C25H21ClN2O2S. The van der Waals surface area contributed by atoms with Crippen LogP contribution >= 0.6 is 23.4 Å². The largest absolute Gasteiger partial charge is 0.325 e. The zero-order valence-corrected chi connectivity index (χ0v) is 18.5. The van der Waals surface area contributed by atoms with Crippen LogP contribution in [0.15, 0.2) is 87.8 Å². The Labute approximate surface area is 190 Å². The Morgan fingerprint density at radius 2 is 1.84 bits per heavy atom. The number of anilines is 1. The Kier molecular flexibility index (Phi) is 6.54. The molecule has 1 unspecified atom stereocenters. The van der Waals surface area contributed by atoms with E-state index in [1.54, 1.807) is 12.2 Å². The molecule has 0 saturated carbocycles. The molecule has 6 heteroatoms. The van der Waals surface area contributed by atoms with Gasteiger partial charge in [0.05, 0.1) is 16.4 Å². The summed E-state index contributed by atoms with van der Waals surface area (Å²) in [7, 11) is 0. The summed E-state index contributed by atoms with van der Waals surface area (Å²) >= 11 is 7.47. The Hall–Kier alpha value is -2.89. The van der Waals surface area contributed by atoms with Gasteiger partial charge in [-0.3, -0.25) is 9.59 Å². The summed E-state index contributed by atoms with van der Waals surface area (Å²) in [6, 6.07) is 17.5. The van der Waals surface area contributed by atoms with Crippen molar-refractivity contribution < 1.29 is 9.59 Å². The average molecular weight is 449 g/mol. The number of nitrogens with zero attached hydrogens (tertiary/aromatic N) is 1. The fourth-order valence-electron chi connectivity index (χ4n) is 3.56. The summed E-state index contributed by atoms with van der Waals surface area (Å²) in [5.74, 6) is -0.609. The third-order valence-electron chi connectivity index (χ3n) is 5.12. The predicted molar refractivity (Wildman–Crippen MR) is 129 cm³/mol. The standard InChI is InChI=1S/C25H21ClN2O2S/c1-2-16-8-11-19(12-9-16)27-22(29)15-31-24-23(17-6-4-3-5-7-17)20-14-18(26)10-13-21(20)28-25(24)30/h3-14,20H,2,15H2,1H3,(H,27,29). The second kappa shape index (κ2) is 9.50. The highest BCUT2D eigenvalue weighted by atomic mass is 35.5. The van der Waals surface area contributed by atoms with Gasteiger partial charge < -0.3 is 5.32 Å². The van der Waals surface area contributed by atoms with Crippen molar-refractivity contribution in [1.82, 2.24) is 0 Å². The number of amides is 2. The lowest BCUT2D eigenvalue weighted by Gasteiger charge is -2.26. The molecule has 31 heavy (non-hydrogen) atoms. The van der Waals surface area contributed by atoms with E-state index in [9.17, 15) is 9.59 Å². The molecule has 2 aromatic rings. The van der Waals surface area contributed by atoms with Crippen LogP contribution in [0.25, 0.3) is 5.57 Å². The van der Waals surface area contributed by atoms with E-state index < -0.39 is 0 Å². The van der Waals surface area contributed by atoms with Gasteiger partial charge in [-0.15, -0.1) is 11.8 Å². The minimum atomic E-state index is -0.328. The Morgan fingerprint density at radius 3 is 2.55 bits per heavy atom. The number of fused-ring (bicyclic) bond motifs is 1. The molecule has 1 heterocycles. The SMILES string of the molecule is CCc1ccc(NC(=O)CSC2=C(c3ccccc3)C3C=C(Cl)C=CC3=NC2=O)cc1. The highest BCUT2D eigenvalue weighted by Gasteiger charge is 2.32. The third-order valence-corrected chi connectivity index (χ3v) is 6.46. The van der Waals surface area contributed by atoms with Crippen molar-refractivity contribution in [2.75, 3.05) is 11.1 Å². The second-order valence-electron chi connectivity index (χ2n) is 7.20. The van der Waals surface area contributed by atoms with Crippen LogP contribution in [0.3, 0.4) is 0 Å². The van der Waals surface area contributed by atoms with E-state index in [2.05, 4.69) is 17.2 Å². The minimum Gasteiger partial charge on any atom is -0.325 e. The maximum Gasteiger partial charge on any atom is 0.284 e. The predicted octanol–water partition coefficient (Wildman–Crippen LogP) is 5.62. The van der Waals surface area contributed by atoms with Crippen molar-refractivity contribution >= 4 is 52.1 Å². The van der Waals surface area contributed by atoms with Gasteiger partial charge in [0.1, 0.15) is 0 Å². The Morgan fingerprint density at radius 1 is 1.10 bits per heavy atom. The number of aryl methyl sites for hydroxylation is 1. The molecule has 1 atom stereocenters. The van der Waals surface area contributed by atoms with Crippen LogP contribution in [0.5, 0.6) is 0 Å². The second-order valence-corrected chi connectivity index (χ2v) is 8.62. The molecule has 2 aliphatic rings. The number of hydrogen-bond donors (Lipinski definition) is 1. The summed E-state index contributed by atoms with van der Waals surface area (Å²) < 4.78 is 0. The lowest BCUT2D eigenvalue weighted by Crippen LogP contribution is -2.24. The van der Waals surface area contributed by atoms with Gasteiger partial charge in [0.2, 0.25) is 5.91 Å². The highest BCUT2D eigenvalue weighted by Crippen LogP contribution is 2.40. The van der Waals surface area contributed by atoms with Crippen LogP contribution in [0.4, 0.5) is 5.69 Å². The highest BCUT2D eigenvalue weighted by molar-refractivity contribution is 8.04. The summed E-state index contributed by atoms with van der Waals surface area (Å²) in [6.07, 6.45) is 6.36. The zero-order valence-electron chi connectivity index (χ0n) is 17.0. The van der Waals surface area contributed by atoms with E-state index in [-0.39, 0.29) is 23.5 Å². The quantitative estimate of drug-likeness (QED) is 0.623. The first-order chi connectivity index (χ1) is 15.0. The number of nitrogens with one attached hydrogen (secondary N) is 1. The van der Waals surface area contributed by atoms with Crippen molar-refractivity contribution in [3.63, 3.8) is 0 Å². The van der Waals surface area contributed by atoms with Crippen LogP contribution in [-0.2, 0) is 16.0 Å². The van der Waals surface area contributed by atoms with Crippen molar-refractivity contribution in [1.29, 1.82) is 0 Å². The molecule has 0 spiro atoms. The maximum absolute atomic E-state index is 12.9. The summed E-state index contributed by atoms with van der Waals surface area (Å²) in [6.45, 7) is 2.09. The fraction of sp³-hybridized carbons (Fsp3) is 0.160. The number of rotatable bonds is 6. The molecule has 0 radical (unpaired) electrons. The number of hydrogen-bond acceptors (Lipinski definition) is 3. The van der Waals surface area contributed by atoms with E-state index in [0.29, 0.717) is 15.6 Å². The molecule has 0 aromatic heterocycles. The van der Waals surface area contributed by atoms with Crippen molar-refractivity contribution in [2.24, 2.45) is 10.9 Å². The molecule has 1 N–H and O–H groups in total. The van der Waals surface area contributed by atoms with Gasteiger partial charge in [-0.05, 0) is 47.4 Å². The van der Waals surface area contributed by atoms with Crippen LogP contribution < -0.4 is 5.32 Å². The summed E-state index contributed by atoms with van der Waals surface area (Å²) in [5.41, 5.74) is 4.37. The first-order valence-electron chi connectivity index (χ1n) is 10.0. The molecule has 4 rings (SSSR count). The minimum absolute atomic E-state index is 0.109. The van der Waals surface area contributed by atoms with Gasteiger partial charge in [-0.2, -0.15) is 0 Å². The van der Waals surface area contributed by atoms with Crippen LogP contribution in [-0.4, -0.2) is 23.3 Å². The Bertz CT molecular complexity index is 1130. The van der Waals surface area contributed by atoms with Gasteiger partial charge in [-0.1, -0.05) is 67.1 Å². The van der Waals surface area contributed by atoms with E-state index in [1.165, 1.54) is 17.3 Å². The molecule has 2 aromatic carbocycles. The molecule has 0 saturated heterocycles. The normalized spacial score (nSPS) is 17.7. The van der Waals surface area contributed by atoms with Crippen LogP contribution in [0.1, 0.15) is 18.1 Å². The number of aliphatic imine (C=N–C) groups is 1. The number of thioether (sulfide) groups is 1. The molecule has 156 valence electrons. The van der Waals surface area contributed by atoms with E-state index >= 15 is 0 Å². The number of carbonyl (C=O) groups is 2. The third kappa shape index (κ3) is 4.89. The van der Waals surface area contributed by atoms with Gasteiger partial charge in [0.15, 0.2) is 0 Å². The van der Waals surface area contributed by atoms with Crippen LogP contribution in [0.2, 0.25) is 0 Å². The number of carbonyl (C=O) groups excluding carboxylic acids is 2. The molecule has 4 nitrogen and oxygen atoms in total. The maximum atomic E-state index is 12.9. The van der Waals surface area contributed by atoms with Crippen molar-refractivity contribution in [2.45, 2.75) is 13.3 Å². The van der Waals surface area contributed by atoms with E-state index in [0.717, 1.165) is 23.2 Å². The molecule has 2 amide bonds. The number of halogens is 1. The summed E-state index contributed by atoms with van der Waals surface area (Å²) in [4.78, 5) is 30.2. The first kappa shape index (κ1) is 21.3. The molecular weight excluding hydrogens is 428 g/mol. The zero-order chi connectivity index (χ0) is 21.8. The van der Waals surface area contributed by atoms with Gasteiger partial charge in [0.25, 0.3) is 5.91 Å². The molecule has 1 aliphatic carbocycles. The lowest BCUT2D eigenvalue weighted by atomic mass is 9.84. The number of allylic oxidation sites excluding steroid dienone is 5. The molecule has 0 fully saturated rings. The van der Waals surface area contributed by atoms with E-state index in [4.69, 9.17) is 11.6 Å². The smallest absolute Gasteiger partial charge is 0.284 e. The fourth-order valence-corrected chi connectivity index (χ4v) is 4.66. The topological polar surface area (TPSA) is 58.5 Å². The van der Waals surface area contributed by atoms with Crippen molar-refractivity contribution in [3.05, 3.63) is 93.9 Å².